The first kappa shape index (κ1) is 15.6. The van der Waals surface area contributed by atoms with Crippen molar-refractivity contribution >= 4 is 46.2 Å². The number of hydrogen-bond donors (Lipinski definition) is 1. The van der Waals surface area contributed by atoms with Gasteiger partial charge in [0.1, 0.15) is 5.75 Å². The van der Waals surface area contributed by atoms with E-state index in [0.29, 0.717) is 15.1 Å². The summed E-state index contributed by atoms with van der Waals surface area (Å²) in [5.41, 5.74) is 1.55. The molecule has 4 nitrogen and oxygen atoms in total. The van der Waals surface area contributed by atoms with Crippen molar-refractivity contribution in [3.63, 3.8) is 0 Å². The molecule has 2 aromatic rings. The van der Waals surface area contributed by atoms with Crippen molar-refractivity contribution < 1.29 is 9.53 Å². The number of methoxy groups -OCH3 is 1. The molecule has 0 radical (unpaired) electrons. The molecule has 23 heavy (non-hydrogen) atoms. The molecule has 1 saturated heterocycles. The Balaban J connectivity index is 1.81. The Bertz CT molecular complexity index is 800. The number of aliphatic imine (C=N–C) groups is 1. The maximum absolute atomic E-state index is 12.0. The molecule has 3 rings (SSSR count). The summed E-state index contributed by atoms with van der Waals surface area (Å²) >= 11 is 7.41. The van der Waals surface area contributed by atoms with E-state index in [1.165, 1.54) is 11.8 Å². The Hall–Kier alpha value is -2.24. The van der Waals surface area contributed by atoms with Crippen LogP contribution in [0, 0.1) is 0 Å². The van der Waals surface area contributed by atoms with Gasteiger partial charge in [0, 0.05) is 5.02 Å². The first-order valence-electron chi connectivity index (χ1n) is 6.84. The molecule has 1 amide bonds. The summed E-state index contributed by atoms with van der Waals surface area (Å²) in [7, 11) is 1.61. The van der Waals surface area contributed by atoms with Crippen molar-refractivity contribution in [3.05, 3.63) is 64.0 Å². The van der Waals surface area contributed by atoms with E-state index >= 15 is 0 Å². The number of nitrogens with zero attached hydrogens (tertiary/aromatic N) is 1. The Morgan fingerprint density at radius 2 is 1.91 bits per heavy atom. The van der Waals surface area contributed by atoms with Crippen LogP contribution in [0.5, 0.6) is 5.75 Å². The minimum absolute atomic E-state index is 0.179. The van der Waals surface area contributed by atoms with Crippen LogP contribution >= 0.6 is 23.4 Å². The van der Waals surface area contributed by atoms with Crippen molar-refractivity contribution in [1.29, 1.82) is 0 Å². The van der Waals surface area contributed by atoms with E-state index in [1.54, 1.807) is 19.3 Å². The maximum atomic E-state index is 12.0. The smallest absolute Gasteiger partial charge is 0.264 e. The second-order valence-electron chi connectivity index (χ2n) is 4.70. The summed E-state index contributed by atoms with van der Waals surface area (Å²) in [6, 6.07) is 14.7. The molecule has 0 spiro atoms. The summed E-state index contributed by atoms with van der Waals surface area (Å²) in [6.07, 6.45) is 1.76. The highest BCUT2D eigenvalue weighted by Gasteiger charge is 2.24. The predicted molar refractivity (Wildman–Crippen MR) is 95.3 cm³/mol. The number of carbonyl (C=O) groups excluding carboxylic acids is 1. The summed E-state index contributed by atoms with van der Waals surface area (Å²) in [6.45, 7) is 0. The van der Waals surface area contributed by atoms with Gasteiger partial charge in [-0.15, -0.1) is 0 Å². The molecule has 0 atom stereocenters. The van der Waals surface area contributed by atoms with Crippen molar-refractivity contribution in [3.8, 4) is 5.75 Å². The van der Waals surface area contributed by atoms with E-state index in [4.69, 9.17) is 16.3 Å². The third kappa shape index (κ3) is 3.75. The summed E-state index contributed by atoms with van der Waals surface area (Å²) in [4.78, 5) is 17.0. The molecule has 0 saturated carbocycles. The number of halogens is 1. The van der Waals surface area contributed by atoms with Gasteiger partial charge in [0.2, 0.25) is 0 Å². The van der Waals surface area contributed by atoms with Crippen LogP contribution in [-0.2, 0) is 4.79 Å². The Labute approximate surface area is 143 Å². The molecule has 116 valence electrons. The lowest BCUT2D eigenvalue weighted by atomic mass is 10.2. The molecular weight excluding hydrogens is 332 g/mol. The molecule has 1 heterocycles. The van der Waals surface area contributed by atoms with Gasteiger partial charge < -0.3 is 10.1 Å². The Morgan fingerprint density at radius 3 is 2.61 bits per heavy atom. The molecule has 6 heteroatoms. The first-order chi connectivity index (χ1) is 11.2. The zero-order valence-corrected chi connectivity index (χ0v) is 13.8. The van der Waals surface area contributed by atoms with Gasteiger partial charge in [0.25, 0.3) is 5.91 Å². The van der Waals surface area contributed by atoms with Crippen molar-refractivity contribution in [1.82, 2.24) is 5.32 Å². The lowest BCUT2D eigenvalue weighted by Gasteiger charge is -2.00. The topological polar surface area (TPSA) is 50.7 Å². The van der Waals surface area contributed by atoms with Crippen LogP contribution in [0.25, 0.3) is 6.08 Å². The number of thioether (sulfide) groups is 1. The van der Waals surface area contributed by atoms with Gasteiger partial charge >= 0.3 is 0 Å². The van der Waals surface area contributed by atoms with E-state index in [-0.39, 0.29) is 5.91 Å². The molecule has 1 N–H and O–H groups in total. The fraction of sp³-hybridized carbons (Fsp3) is 0.0588. The average Bonchev–Trinajstić information content (AvgIpc) is 2.90. The molecule has 2 aromatic carbocycles. The number of benzene rings is 2. The number of carbonyl (C=O) groups is 1. The van der Waals surface area contributed by atoms with Crippen LogP contribution in [0.3, 0.4) is 0 Å². The highest BCUT2D eigenvalue weighted by molar-refractivity contribution is 8.18. The lowest BCUT2D eigenvalue weighted by molar-refractivity contribution is -0.115. The van der Waals surface area contributed by atoms with E-state index in [1.807, 2.05) is 42.5 Å². The third-order valence-electron chi connectivity index (χ3n) is 3.15. The Morgan fingerprint density at radius 1 is 1.17 bits per heavy atom. The zero-order chi connectivity index (χ0) is 16.2. The standard InChI is InChI=1S/C17H13ClN2O2S/c1-22-13-8-6-12(7-9-13)19-17-20-16(21)15(23-17)10-11-4-2-3-5-14(11)18/h2-10H,1H3,(H,19,20,21). The van der Waals surface area contributed by atoms with Crippen molar-refractivity contribution in [2.45, 2.75) is 0 Å². The van der Waals surface area contributed by atoms with Crippen LogP contribution in [0.2, 0.25) is 5.02 Å². The minimum Gasteiger partial charge on any atom is -0.497 e. The van der Waals surface area contributed by atoms with E-state index in [9.17, 15) is 4.79 Å². The first-order valence-corrected chi connectivity index (χ1v) is 8.03. The molecule has 0 aromatic heterocycles. The summed E-state index contributed by atoms with van der Waals surface area (Å²) in [5.74, 6) is 0.582. The van der Waals surface area contributed by atoms with Crippen LogP contribution < -0.4 is 10.1 Å². The van der Waals surface area contributed by atoms with Gasteiger partial charge in [-0.2, -0.15) is 0 Å². The molecule has 1 aliphatic rings. The lowest BCUT2D eigenvalue weighted by Crippen LogP contribution is -2.19. The Kier molecular flexibility index (Phi) is 4.69. The van der Waals surface area contributed by atoms with Crippen LogP contribution in [0.4, 0.5) is 5.69 Å². The quantitative estimate of drug-likeness (QED) is 0.847. The molecule has 1 fully saturated rings. The van der Waals surface area contributed by atoms with Gasteiger partial charge in [-0.25, -0.2) is 4.99 Å². The van der Waals surface area contributed by atoms with Crippen LogP contribution in [-0.4, -0.2) is 18.2 Å². The molecule has 1 aliphatic heterocycles. The number of ether oxygens (including phenoxy) is 1. The molecule has 0 aliphatic carbocycles. The zero-order valence-electron chi connectivity index (χ0n) is 12.2. The fourth-order valence-electron chi connectivity index (χ4n) is 1.99. The summed E-state index contributed by atoms with van der Waals surface area (Å²) in [5, 5.41) is 3.90. The van der Waals surface area contributed by atoms with Crippen LogP contribution in [0.15, 0.2) is 58.4 Å². The largest absolute Gasteiger partial charge is 0.497 e. The number of amidine groups is 1. The van der Waals surface area contributed by atoms with Gasteiger partial charge in [0.05, 0.1) is 17.7 Å². The minimum atomic E-state index is -0.179. The number of amides is 1. The monoisotopic (exact) mass is 344 g/mol. The van der Waals surface area contributed by atoms with E-state index in [2.05, 4.69) is 10.3 Å². The van der Waals surface area contributed by atoms with E-state index < -0.39 is 0 Å². The van der Waals surface area contributed by atoms with Crippen LogP contribution in [0.1, 0.15) is 5.56 Å². The van der Waals surface area contributed by atoms with Gasteiger partial charge in [-0.1, -0.05) is 29.8 Å². The average molecular weight is 345 g/mol. The van der Waals surface area contributed by atoms with E-state index in [0.717, 1.165) is 17.0 Å². The SMILES string of the molecule is COc1ccc(N=C2NC(=O)C(=Cc3ccccc3Cl)S2)cc1. The maximum Gasteiger partial charge on any atom is 0.264 e. The fourth-order valence-corrected chi connectivity index (χ4v) is 3.01. The number of hydrogen-bond acceptors (Lipinski definition) is 4. The number of rotatable bonds is 3. The predicted octanol–water partition coefficient (Wildman–Crippen LogP) is 4.24. The van der Waals surface area contributed by atoms with Gasteiger partial charge in [-0.3, -0.25) is 4.79 Å². The second-order valence-corrected chi connectivity index (χ2v) is 6.14. The number of nitrogens with one attached hydrogen (secondary N) is 1. The highest BCUT2D eigenvalue weighted by atomic mass is 35.5. The van der Waals surface area contributed by atoms with Crippen molar-refractivity contribution in [2.75, 3.05) is 7.11 Å². The van der Waals surface area contributed by atoms with Gasteiger partial charge in [0.15, 0.2) is 5.17 Å². The third-order valence-corrected chi connectivity index (χ3v) is 4.40. The summed E-state index contributed by atoms with van der Waals surface area (Å²) < 4.78 is 5.11. The molecule has 0 bridgehead atoms. The molecular formula is C17H13ClN2O2S. The van der Waals surface area contributed by atoms with Crippen molar-refractivity contribution in [2.24, 2.45) is 4.99 Å². The second kappa shape index (κ2) is 6.89. The molecule has 0 unspecified atom stereocenters. The highest BCUT2D eigenvalue weighted by Crippen LogP contribution is 2.30. The normalized spacial score (nSPS) is 17.6. The van der Waals surface area contributed by atoms with Gasteiger partial charge in [-0.05, 0) is 53.7 Å².